The van der Waals surface area contributed by atoms with Crippen LogP contribution in [0.4, 0.5) is 5.82 Å². The van der Waals surface area contributed by atoms with Crippen LogP contribution in [0.5, 0.6) is 0 Å². The highest BCUT2D eigenvalue weighted by Crippen LogP contribution is 2.22. The number of pyridine rings is 2. The van der Waals surface area contributed by atoms with Gasteiger partial charge < -0.3 is 10.1 Å². The molecule has 0 saturated carbocycles. The van der Waals surface area contributed by atoms with E-state index in [9.17, 15) is 10.1 Å². The Balaban J connectivity index is 1.51. The van der Waals surface area contributed by atoms with Crippen LogP contribution in [0.25, 0.3) is 11.1 Å². The van der Waals surface area contributed by atoms with Crippen molar-refractivity contribution in [2.45, 2.75) is 6.42 Å². The number of hydrogen-bond donors (Lipinski definition) is 1. The van der Waals surface area contributed by atoms with Crippen LogP contribution in [0.15, 0.2) is 67.1 Å². The van der Waals surface area contributed by atoms with Gasteiger partial charge in [-0.1, -0.05) is 18.2 Å². The Bertz CT molecular complexity index is 937. The van der Waals surface area contributed by atoms with Crippen molar-refractivity contribution < 1.29 is 9.53 Å². The molecule has 0 unspecified atom stereocenters. The molecule has 0 spiro atoms. The van der Waals surface area contributed by atoms with Crippen LogP contribution < -0.4 is 5.32 Å². The van der Waals surface area contributed by atoms with Crippen molar-refractivity contribution >= 4 is 11.8 Å². The van der Waals surface area contributed by atoms with Crippen molar-refractivity contribution in [3.63, 3.8) is 0 Å². The van der Waals surface area contributed by atoms with Gasteiger partial charge in [0.25, 0.3) is 0 Å². The van der Waals surface area contributed by atoms with Gasteiger partial charge in [-0.05, 0) is 42.3 Å². The van der Waals surface area contributed by atoms with Crippen LogP contribution in [-0.2, 0) is 4.74 Å². The third kappa shape index (κ3) is 4.89. The molecule has 0 aliphatic carbocycles. The molecule has 2 aromatic heterocycles. The molecule has 0 aliphatic heterocycles. The number of nitrogens with zero attached hydrogens (tertiary/aromatic N) is 3. The fourth-order valence-corrected chi connectivity index (χ4v) is 2.49. The maximum Gasteiger partial charge on any atom is 0.338 e. The second kappa shape index (κ2) is 9.11. The zero-order chi connectivity index (χ0) is 18.9. The Morgan fingerprint density at radius 3 is 2.63 bits per heavy atom. The van der Waals surface area contributed by atoms with E-state index in [1.807, 2.05) is 18.2 Å². The molecule has 3 rings (SSSR count). The summed E-state index contributed by atoms with van der Waals surface area (Å²) in [4.78, 5) is 20.2. The molecular weight excluding hydrogens is 340 g/mol. The summed E-state index contributed by atoms with van der Waals surface area (Å²) in [5.74, 6) is 0.179. The molecule has 1 N–H and O–H groups in total. The van der Waals surface area contributed by atoms with E-state index < -0.39 is 0 Å². The van der Waals surface area contributed by atoms with Gasteiger partial charge >= 0.3 is 5.97 Å². The Labute approximate surface area is 157 Å². The SMILES string of the molecule is N#Cc1cc(-c2ccncc2)cnc1NCCCOC(=O)c1ccccc1. The van der Waals surface area contributed by atoms with Crippen molar-refractivity contribution in [2.24, 2.45) is 0 Å². The van der Waals surface area contributed by atoms with Gasteiger partial charge in [0, 0.05) is 30.7 Å². The van der Waals surface area contributed by atoms with E-state index in [1.54, 1.807) is 48.9 Å². The first-order chi connectivity index (χ1) is 13.3. The van der Waals surface area contributed by atoms with E-state index in [0.717, 1.165) is 11.1 Å². The van der Waals surface area contributed by atoms with Crippen molar-refractivity contribution in [1.82, 2.24) is 9.97 Å². The highest BCUT2D eigenvalue weighted by molar-refractivity contribution is 5.89. The van der Waals surface area contributed by atoms with Gasteiger partial charge in [-0.2, -0.15) is 5.26 Å². The van der Waals surface area contributed by atoms with Gasteiger partial charge in [0.2, 0.25) is 0 Å². The largest absolute Gasteiger partial charge is 0.462 e. The smallest absolute Gasteiger partial charge is 0.338 e. The summed E-state index contributed by atoms with van der Waals surface area (Å²) < 4.78 is 5.23. The molecule has 6 heteroatoms. The number of hydrogen-bond acceptors (Lipinski definition) is 6. The maximum absolute atomic E-state index is 11.8. The van der Waals surface area contributed by atoms with Gasteiger partial charge in [0.15, 0.2) is 0 Å². The Morgan fingerprint density at radius 1 is 1.11 bits per heavy atom. The highest BCUT2D eigenvalue weighted by atomic mass is 16.5. The number of anilines is 1. The van der Waals surface area contributed by atoms with Crippen LogP contribution >= 0.6 is 0 Å². The molecule has 0 saturated heterocycles. The maximum atomic E-state index is 11.8. The highest BCUT2D eigenvalue weighted by Gasteiger charge is 2.08. The number of nitriles is 1. The van der Waals surface area contributed by atoms with E-state index in [4.69, 9.17) is 4.74 Å². The molecule has 0 fully saturated rings. The summed E-state index contributed by atoms with van der Waals surface area (Å²) in [6.45, 7) is 0.829. The number of aromatic nitrogens is 2. The van der Waals surface area contributed by atoms with E-state index >= 15 is 0 Å². The molecule has 0 bridgehead atoms. The number of rotatable bonds is 7. The Morgan fingerprint density at radius 2 is 1.89 bits per heavy atom. The molecule has 3 aromatic rings. The molecule has 0 atom stereocenters. The lowest BCUT2D eigenvalue weighted by Crippen LogP contribution is -2.11. The van der Waals surface area contributed by atoms with Gasteiger partial charge in [-0.25, -0.2) is 9.78 Å². The van der Waals surface area contributed by atoms with E-state index in [0.29, 0.717) is 29.9 Å². The van der Waals surface area contributed by atoms with Gasteiger partial charge in [0.05, 0.1) is 17.7 Å². The summed E-state index contributed by atoms with van der Waals surface area (Å²) >= 11 is 0. The monoisotopic (exact) mass is 358 g/mol. The predicted octanol–water partition coefficient (Wildman–Crippen LogP) is 3.67. The number of benzene rings is 1. The normalized spacial score (nSPS) is 10.0. The molecule has 2 heterocycles. The minimum atomic E-state index is -0.340. The van der Waals surface area contributed by atoms with Crippen molar-refractivity contribution in [1.29, 1.82) is 5.26 Å². The summed E-state index contributed by atoms with van der Waals surface area (Å²) in [6.07, 6.45) is 5.72. The number of carbonyl (C=O) groups excluding carboxylic acids is 1. The molecule has 134 valence electrons. The molecule has 0 aliphatic rings. The fourth-order valence-electron chi connectivity index (χ4n) is 2.49. The second-order valence-electron chi connectivity index (χ2n) is 5.75. The summed E-state index contributed by atoms with van der Waals surface area (Å²) in [6, 6.07) is 16.6. The molecular formula is C21H18N4O2. The van der Waals surface area contributed by atoms with Crippen molar-refractivity contribution in [3.8, 4) is 17.2 Å². The predicted molar refractivity (Wildman–Crippen MR) is 102 cm³/mol. The minimum Gasteiger partial charge on any atom is -0.462 e. The number of nitrogens with one attached hydrogen (secondary N) is 1. The summed E-state index contributed by atoms with van der Waals surface area (Å²) in [7, 11) is 0. The first-order valence-electron chi connectivity index (χ1n) is 8.54. The van der Waals surface area contributed by atoms with Crippen LogP contribution in [-0.4, -0.2) is 29.1 Å². The van der Waals surface area contributed by atoms with Crippen LogP contribution in [0.1, 0.15) is 22.3 Å². The van der Waals surface area contributed by atoms with Gasteiger partial charge in [0.1, 0.15) is 11.9 Å². The third-order valence-electron chi connectivity index (χ3n) is 3.88. The average Bonchev–Trinajstić information content (AvgIpc) is 2.74. The second-order valence-corrected chi connectivity index (χ2v) is 5.75. The van der Waals surface area contributed by atoms with Crippen LogP contribution in [0.3, 0.4) is 0 Å². The molecule has 6 nitrogen and oxygen atoms in total. The van der Waals surface area contributed by atoms with E-state index in [-0.39, 0.29) is 12.6 Å². The number of carbonyl (C=O) groups is 1. The lowest BCUT2D eigenvalue weighted by molar-refractivity contribution is 0.0504. The van der Waals surface area contributed by atoms with Crippen molar-refractivity contribution in [2.75, 3.05) is 18.5 Å². The standard InChI is InChI=1S/C21H18N4O2/c22-14-18-13-19(16-7-10-23-11-8-16)15-25-20(18)24-9-4-12-27-21(26)17-5-2-1-3-6-17/h1-3,5-8,10-11,13,15H,4,9,12H2,(H,24,25). The average molecular weight is 358 g/mol. The first kappa shape index (κ1) is 18.1. The van der Waals surface area contributed by atoms with Gasteiger partial charge in [-0.15, -0.1) is 0 Å². The summed E-state index contributed by atoms with van der Waals surface area (Å²) in [5.41, 5.74) is 2.81. The summed E-state index contributed by atoms with van der Waals surface area (Å²) in [5, 5.41) is 12.5. The molecule has 0 radical (unpaired) electrons. The Kier molecular flexibility index (Phi) is 6.10. The lowest BCUT2D eigenvalue weighted by Gasteiger charge is -2.09. The number of esters is 1. The third-order valence-corrected chi connectivity index (χ3v) is 3.88. The van der Waals surface area contributed by atoms with Crippen LogP contribution in [0.2, 0.25) is 0 Å². The first-order valence-corrected chi connectivity index (χ1v) is 8.54. The minimum absolute atomic E-state index is 0.289. The van der Waals surface area contributed by atoms with E-state index in [1.165, 1.54) is 0 Å². The van der Waals surface area contributed by atoms with Crippen LogP contribution in [0, 0.1) is 11.3 Å². The fraction of sp³-hybridized carbons (Fsp3) is 0.143. The van der Waals surface area contributed by atoms with Gasteiger partial charge in [-0.3, -0.25) is 4.98 Å². The molecule has 1 aromatic carbocycles. The van der Waals surface area contributed by atoms with E-state index in [2.05, 4.69) is 21.4 Å². The lowest BCUT2D eigenvalue weighted by atomic mass is 10.1. The zero-order valence-corrected chi connectivity index (χ0v) is 14.6. The molecule has 0 amide bonds. The molecule has 27 heavy (non-hydrogen) atoms. The topological polar surface area (TPSA) is 87.9 Å². The quantitative estimate of drug-likeness (QED) is 0.512. The number of ether oxygens (including phenoxy) is 1. The Hall–Kier alpha value is -3.72. The zero-order valence-electron chi connectivity index (χ0n) is 14.6. The van der Waals surface area contributed by atoms with Crippen molar-refractivity contribution in [3.05, 3.63) is 78.2 Å².